The fraction of sp³-hybridized carbons (Fsp3) is 0.647. The summed E-state index contributed by atoms with van der Waals surface area (Å²) < 4.78 is 0. The van der Waals surface area contributed by atoms with Crippen LogP contribution in [0.5, 0.6) is 0 Å². The van der Waals surface area contributed by atoms with E-state index in [1.807, 2.05) is 0 Å². The second-order valence-corrected chi connectivity index (χ2v) is 6.55. The molecule has 0 aromatic heterocycles. The van der Waals surface area contributed by atoms with Gasteiger partial charge in [0.1, 0.15) is 0 Å². The second-order valence-electron chi connectivity index (χ2n) is 6.55. The minimum atomic E-state index is 0.269. The van der Waals surface area contributed by atoms with E-state index in [9.17, 15) is 0 Å². The minimum absolute atomic E-state index is 0.269. The smallest absolute Gasteiger partial charge is 0.0366 e. The Kier molecular flexibility index (Phi) is 5.86. The Morgan fingerprint density at radius 3 is 2.21 bits per heavy atom. The predicted octanol–water partition coefficient (Wildman–Crippen LogP) is 3.85. The lowest BCUT2D eigenvalue weighted by Gasteiger charge is -2.34. The van der Waals surface area contributed by atoms with E-state index in [4.69, 9.17) is 0 Å². The largest absolute Gasteiger partial charge is 0.371 e. The Bertz CT molecular complexity index is 365. The molecule has 2 heteroatoms. The van der Waals surface area contributed by atoms with E-state index in [1.165, 1.54) is 11.3 Å². The maximum absolute atomic E-state index is 3.55. The van der Waals surface area contributed by atoms with Crippen LogP contribution < -0.4 is 10.2 Å². The van der Waals surface area contributed by atoms with Gasteiger partial charge in [0.2, 0.25) is 0 Å². The average Bonchev–Trinajstić information content (AvgIpc) is 2.35. The van der Waals surface area contributed by atoms with Crippen molar-refractivity contribution in [1.82, 2.24) is 5.32 Å². The van der Waals surface area contributed by atoms with E-state index in [0.29, 0.717) is 6.04 Å². The SMILES string of the molecule is CCN(CC(C)(C)CNC(C)C)c1ccc(C)cc1. The van der Waals surface area contributed by atoms with Crippen molar-refractivity contribution in [2.75, 3.05) is 24.5 Å². The first-order valence-corrected chi connectivity index (χ1v) is 7.39. The van der Waals surface area contributed by atoms with Crippen molar-refractivity contribution < 1.29 is 0 Å². The number of rotatable bonds is 7. The van der Waals surface area contributed by atoms with Crippen LogP contribution in [0.3, 0.4) is 0 Å². The molecular formula is C17H30N2. The van der Waals surface area contributed by atoms with Crippen LogP contribution in [0, 0.1) is 12.3 Å². The highest BCUT2D eigenvalue weighted by atomic mass is 15.1. The van der Waals surface area contributed by atoms with E-state index in [2.05, 4.69) is 76.0 Å². The summed E-state index contributed by atoms with van der Waals surface area (Å²) in [6.07, 6.45) is 0. The van der Waals surface area contributed by atoms with Crippen molar-refractivity contribution in [3.05, 3.63) is 29.8 Å². The predicted molar refractivity (Wildman–Crippen MR) is 86.0 cm³/mol. The van der Waals surface area contributed by atoms with Gasteiger partial charge in [0, 0.05) is 31.4 Å². The molecule has 1 rings (SSSR count). The summed E-state index contributed by atoms with van der Waals surface area (Å²) in [7, 11) is 0. The molecule has 1 aromatic carbocycles. The molecule has 1 aromatic rings. The molecule has 2 nitrogen and oxygen atoms in total. The second kappa shape index (κ2) is 6.95. The summed E-state index contributed by atoms with van der Waals surface area (Å²) in [5.74, 6) is 0. The van der Waals surface area contributed by atoms with Gasteiger partial charge in [0.25, 0.3) is 0 Å². The van der Waals surface area contributed by atoms with Crippen LogP contribution >= 0.6 is 0 Å². The Morgan fingerprint density at radius 1 is 1.16 bits per heavy atom. The maximum atomic E-state index is 3.55. The highest BCUT2D eigenvalue weighted by Crippen LogP contribution is 2.22. The van der Waals surface area contributed by atoms with Gasteiger partial charge in [-0.05, 0) is 31.4 Å². The number of hydrogen-bond donors (Lipinski definition) is 1. The normalized spacial score (nSPS) is 11.9. The van der Waals surface area contributed by atoms with Crippen LogP contribution in [0.4, 0.5) is 5.69 Å². The first kappa shape index (κ1) is 16.0. The van der Waals surface area contributed by atoms with Gasteiger partial charge in [0.15, 0.2) is 0 Å². The number of hydrogen-bond acceptors (Lipinski definition) is 2. The molecule has 0 aliphatic rings. The van der Waals surface area contributed by atoms with Crippen molar-refractivity contribution >= 4 is 5.69 Å². The molecule has 0 spiro atoms. The first-order chi connectivity index (χ1) is 8.84. The van der Waals surface area contributed by atoms with E-state index < -0.39 is 0 Å². The van der Waals surface area contributed by atoms with Crippen LogP contribution in [0.2, 0.25) is 0 Å². The fourth-order valence-corrected chi connectivity index (χ4v) is 2.19. The van der Waals surface area contributed by atoms with E-state index >= 15 is 0 Å². The molecule has 0 aliphatic carbocycles. The zero-order valence-corrected chi connectivity index (χ0v) is 13.5. The van der Waals surface area contributed by atoms with Gasteiger partial charge in [-0.2, -0.15) is 0 Å². The number of nitrogens with one attached hydrogen (secondary N) is 1. The quantitative estimate of drug-likeness (QED) is 0.803. The molecule has 0 radical (unpaired) electrons. The summed E-state index contributed by atoms with van der Waals surface area (Å²) in [6.45, 7) is 16.6. The summed E-state index contributed by atoms with van der Waals surface area (Å²) in [5.41, 5.74) is 2.91. The summed E-state index contributed by atoms with van der Waals surface area (Å²) in [5, 5.41) is 3.55. The standard InChI is InChI=1S/C17H30N2/c1-7-19(16-10-8-15(4)9-11-16)13-17(5,6)12-18-14(2)3/h8-11,14,18H,7,12-13H2,1-6H3. The number of nitrogens with zero attached hydrogens (tertiary/aromatic N) is 1. The third-order valence-electron chi connectivity index (χ3n) is 3.39. The molecule has 0 heterocycles. The van der Waals surface area contributed by atoms with Crippen molar-refractivity contribution in [3.63, 3.8) is 0 Å². The molecule has 0 unspecified atom stereocenters. The van der Waals surface area contributed by atoms with Crippen molar-refractivity contribution in [3.8, 4) is 0 Å². The highest BCUT2D eigenvalue weighted by Gasteiger charge is 2.21. The van der Waals surface area contributed by atoms with Crippen molar-refractivity contribution in [2.45, 2.75) is 47.6 Å². The lowest BCUT2D eigenvalue weighted by molar-refractivity contribution is 0.330. The molecule has 1 N–H and O–H groups in total. The molecular weight excluding hydrogens is 232 g/mol. The molecule has 108 valence electrons. The third-order valence-corrected chi connectivity index (χ3v) is 3.39. The maximum Gasteiger partial charge on any atom is 0.0366 e. The third kappa shape index (κ3) is 5.65. The summed E-state index contributed by atoms with van der Waals surface area (Å²) in [4.78, 5) is 2.46. The highest BCUT2D eigenvalue weighted by molar-refractivity contribution is 5.47. The van der Waals surface area contributed by atoms with Gasteiger partial charge >= 0.3 is 0 Å². The van der Waals surface area contributed by atoms with E-state index in [-0.39, 0.29) is 5.41 Å². The van der Waals surface area contributed by atoms with Crippen LogP contribution in [-0.2, 0) is 0 Å². The van der Waals surface area contributed by atoms with Gasteiger partial charge in [-0.1, -0.05) is 45.4 Å². The molecule has 0 aliphatic heterocycles. The Labute approximate surface area is 119 Å². The molecule has 0 atom stereocenters. The lowest BCUT2D eigenvalue weighted by atomic mass is 9.92. The molecule has 19 heavy (non-hydrogen) atoms. The van der Waals surface area contributed by atoms with Crippen molar-refractivity contribution in [1.29, 1.82) is 0 Å². The Hall–Kier alpha value is -1.02. The minimum Gasteiger partial charge on any atom is -0.371 e. The Morgan fingerprint density at radius 2 is 1.74 bits per heavy atom. The molecule has 0 saturated heterocycles. The monoisotopic (exact) mass is 262 g/mol. The van der Waals surface area contributed by atoms with Crippen molar-refractivity contribution in [2.24, 2.45) is 5.41 Å². The first-order valence-electron chi connectivity index (χ1n) is 7.39. The lowest BCUT2D eigenvalue weighted by Crippen LogP contribution is -2.42. The van der Waals surface area contributed by atoms with Gasteiger partial charge in [-0.15, -0.1) is 0 Å². The summed E-state index contributed by atoms with van der Waals surface area (Å²) in [6, 6.07) is 9.39. The van der Waals surface area contributed by atoms with E-state index in [0.717, 1.165) is 19.6 Å². The number of benzene rings is 1. The average molecular weight is 262 g/mol. The van der Waals surface area contributed by atoms with Crippen LogP contribution in [0.1, 0.15) is 40.2 Å². The Balaban J connectivity index is 2.67. The van der Waals surface area contributed by atoms with E-state index in [1.54, 1.807) is 0 Å². The molecule has 0 amide bonds. The van der Waals surface area contributed by atoms with Gasteiger partial charge in [-0.25, -0.2) is 0 Å². The fourth-order valence-electron chi connectivity index (χ4n) is 2.19. The van der Waals surface area contributed by atoms with Gasteiger partial charge in [0.05, 0.1) is 0 Å². The van der Waals surface area contributed by atoms with Crippen LogP contribution in [0.25, 0.3) is 0 Å². The topological polar surface area (TPSA) is 15.3 Å². The number of aryl methyl sites for hydroxylation is 1. The molecule has 0 saturated carbocycles. The van der Waals surface area contributed by atoms with Gasteiger partial charge < -0.3 is 10.2 Å². The summed E-state index contributed by atoms with van der Waals surface area (Å²) >= 11 is 0. The van der Waals surface area contributed by atoms with Crippen LogP contribution in [0.15, 0.2) is 24.3 Å². The zero-order valence-electron chi connectivity index (χ0n) is 13.5. The molecule has 0 fully saturated rings. The zero-order chi connectivity index (χ0) is 14.5. The molecule has 0 bridgehead atoms. The van der Waals surface area contributed by atoms with Gasteiger partial charge in [-0.3, -0.25) is 0 Å². The van der Waals surface area contributed by atoms with Crippen LogP contribution in [-0.4, -0.2) is 25.7 Å². The number of anilines is 1.